The number of aliphatic hydroxyl groups excluding tert-OH is 2. The number of rotatable bonds is 14. The lowest BCUT2D eigenvalue weighted by Crippen LogP contribution is -2.35. The Bertz CT molecular complexity index is 1220. The zero-order chi connectivity index (χ0) is 31.8. The fourth-order valence-corrected chi connectivity index (χ4v) is 8.13. The summed E-state index contributed by atoms with van der Waals surface area (Å²) in [6, 6.07) is 19.8. The highest BCUT2D eigenvalue weighted by molar-refractivity contribution is 5.94. The highest BCUT2D eigenvalue weighted by atomic mass is 16.5. The Morgan fingerprint density at radius 1 is 1.07 bits per heavy atom. The molecule has 5 rings (SSSR count). The van der Waals surface area contributed by atoms with Crippen molar-refractivity contribution in [2.24, 2.45) is 35.0 Å². The number of benzene rings is 2. The molecule has 2 aromatic carbocycles. The number of carbonyl (C=O) groups is 1. The quantitative estimate of drug-likeness (QED) is 0.173. The molecular weight excluding hydrogens is 562 g/mol. The average Bonchev–Trinajstić information content (AvgIpc) is 3.56. The third-order valence-electron chi connectivity index (χ3n) is 11.2. The first-order chi connectivity index (χ1) is 21.7. The summed E-state index contributed by atoms with van der Waals surface area (Å²) >= 11 is 0. The fourth-order valence-electron chi connectivity index (χ4n) is 8.13. The number of anilines is 1. The van der Waals surface area contributed by atoms with Crippen LogP contribution in [-0.4, -0.2) is 54.3 Å². The van der Waals surface area contributed by atoms with E-state index in [4.69, 9.17) is 9.47 Å². The van der Waals surface area contributed by atoms with Crippen LogP contribution in [0.2, 0.25) is 0 Å². The van der Waals surface area contributed by atoms with Gasteiger partial charge in [0.05, 0.1) is 31.5 Å². The lowest BCUT2D eigenvalue weighted by Gasteiger charge is -2.41. The number of carbonyl (C=O) groups excluding carboxylic acids is 1. The number of para-hydroxylation sites is 1. The second-order valence-electron chi connectivity index (χ2n) is 14.6. The zero-order valence-electron chi connectivity index (χ0n) is 27.6. The Labute approximate surface area is 270 Å². The van der Waals surface area contributed by atoms with Crippen molar-refractivity contribution in [2.75, 3.05) is 24.7 Å². The predicted molar refractivity (Wildman–Crippen MR) is 180 cm³/mol. The number of ether oxygens (including phenoxy) is 2. The topological polar surface area (TPSA) is 79.2 Å². The van der Waals surface area contributed by atoms with Crippen molar-refractivity contribution >= 4 is 11.6 Å². The normalized spacial score (nSPS) is 30.5. The van der Waals surface area contributed by atoms with Crippen molar-refractivity contribution in [3.63, 3.8) is 0 Å². The van der Waals surface area contributed by atoms with Crippen LogP contribution in [0.3, 0.4) is 0 Å². The van der Waals surface area contributed by atoms with E-state index < -0.39 is 6.10 Å². The maximum Gasteiger partial charge on any atom is 0.253 e. The van der Waals surface area contributed by atoms with Crippen LogP contribution >= 0.6 is 0 Å². The second-order valence-corrected chi connectivity index (χ2v) is 14.6. The van der Waals surface area contributed by atoms with Crippen molar-refractivity contribution in [1.82, 2.24) is 0 Å². The summed E-state index contributed by atoms with van der Waals surface area (Å²) in [5, 5.41) is 21.5. The molecule has 0 heterocycles. The first-order valence-electron chi connectivity index (χ1n) is 17.3. The molecule has 0 saturated heterocycles. The molecule has 2 N–H and O–H groups in total. The van der Waals surface area contributed by atoms with Gasteiger partial charge < -0.3 is 24.6 Å². The predicted octanol–water partition coefficient (Wildman–Crippen LogP) is 7.19. The maximum atomic E-state index is 13.2. The second kappa shape index (κ2) is 15.9. The van der Waals surface area contributed by atoms with E-state index in [0.29, 0.717) is 48.8 Å². The van der Waals surface area contributed by atoms with Crippen LogP contribution in [-0.2, 0) is 20.8 Å². The number of amides is 1. The molecule has 6 nitrogen and oxygen atoms in total. The van der Waals surface area contributed by atoms with Crippen molar-refractivity contribution in [3.05, 3.63) is 78.4 Å². The lowest BCUT2D eigenvalue weighted by atomic mass is 9.67. The Morgan fingerprint density at radius 3 is 2.53 bits per heavy atom. The van der Waals surface area contributed by atoms with E-state index in [2.05, 4.69) is 26.8 Å². The molecule has 45 heavy (non-hydrogen) atoms. The van der Waals surface area contributed by atoms with Gasteiger partial charge in [-0.15, -0.1) is 0 Å². The van der Waals surface area contributed by atoms with Crippen molar-refractivity contribution in [2.45, 2.75) is 97.0 Å². The van der Waals surface area contributed by atoms with E-state index in [1.165, 1.54) is 12.8 Å². The Morgan fingerprint density at radius 2 is 1.80 bits per heavy atom. The summed E-state index contributed by atoms with van der Waals surface area (Å²) in [6.07, 6.45) is 11.6. The third-order valence-corrected chi connectivity index (χ3v) is 11.2. The van der Waals surface area contributed by atoms with Crippen molar-refractivity contribution in [3.8, 4) is 0 Å². The zero-order valence-corrected chi connectivity index (χ0v) is 27.6. The maximum absolute atomic E-state index is 13.2. The van der Waals surface area contributed by atoms with Crippen LogP contribution in [0.5, 0.6) is 0 Å². The summed E-state index contributed by atoms with van der Waals surface area (Å²) < 4.78 is 12.1. The molecule has 0 aromatic heterocycles. The number of aliphatic hydroxyl groups is 2. The van der Waals surface area contributed by atoms with Gasteiger partial charge in [-0.1, -0.05) is 87.9 Å². The van der Waals surface area contributed by atoms with Gasteiger partial charge in [0.1, 0.15) is 6.61 Å². The molecule has 1 amide bonds. The molecule has 3 aliphatic rings. The van der Waals surface area contributed by atoms with Gasteiger partial charge in [0.25, 0.3) is 5.91 Å². The smallest absolute Gasteiger partial charge is 0.253 e. The van der Waals surface area contributed by atoms with Gasteiger partial charge in [-0.25, -0.2) is 0 Å². The fraction of sp³-hybridized carbons (Fsp3) is 0.615. The minimum Gasteiger partial charge on any atom is -0.392 e. The molecule has 3 saturated carbocycles. The molecule has 2 aromatic rings. The van der Waals surface area contributed by atoms with Crippen molar-refractivity contribution in [1.29, 1.82) is 0 Å². The molecule has 2 unspecified atom stereocenters. The summed E-state index contributed by atoms with van der Waals surface area (Å²) in [7, 11) is 0. The summed E-state index contributed by atoms with van der Waals surface area (Å²) in [5.74, 6) is 2.13. The summed E-state index contributed by atoms with van der Waals surface area (Å²) in [5.41, 5.74) is 2.27. The Hall–Kier alpha value is -2.51. The highest BCUT2D eigenvalue weighted by Crippen LogP contribution is 2.51. The molecule has 6 heteroatoms. The number of hydrogen-bond acceptors (Lipinski definition) is 5. The third kappa shape index (κ3) is 9.06. The lowest BCUT2D eigenvalue weighted by molar-refractivity contribution is -0.123. The van der Waals surface area contributed by atoms with Crippen LogP contribution in [0.15, 0.2) is 72.8 Å². The van der Waals surface area contributed by atoms with Crippen molar-refractivity contribution < 1.29 is 24.5 Å². The largest absolute Gasteiger partial charge is 0.392 e. The molecule has 3 aliphatic carbocycles. The van der Waals surface area contributed by atoms with Gasteiger partial charge in [-0.3, -0.25) is 4.79 Å². The summed E-state index contributed by atoms with van der Waals surface area (Å²) in [4.78, 5) is 15.0. The van der Waals surface area contributed by atoms with Gasteiger partial charge >= 0.3 is 0 Å². The van der Waals surface area contributed by atoms with E-state index >= 15 is 0 Å². The van der Waals surface area contributed by atoms with E-state index in [1.807, 2.05) is 66.7 Å². The van der Waals surface area contributed by atoms with E-state index in [1.54, 1.807) is 4.90 Å². The van der Waals surface area contributed by atoms with Gasteiger partial charge in [-0.2, -0.15) is 0 Å². The minimum atomic E-state index is -0.649. The number of fused-ring (bicyclic) bond motifs is 1. The average molecular weight is 618 g/mol. The van der Waals surface area contributed by atoms with E-state index in [0.717, 1.165) is 49.8 Å². The van der Waals surface area contributed by atoms with E-state index in [-0.39, 0.29) is 30.6 Å². The molecular formula is C39H55NO5. The van der Waals surface area contributed by atoms with Gasteiger partial charge in [0, 0.05) is 18.2 Å². The van der Waals surface area contributed by atoms with E-state index in [9.17, 15) is 15.0 Å². The summed E-state index contributed by atoms with van der Waals surface area (Å²) in [6.45, 7) is 8.41. The monoisotopic (exact) mass is 617 g/mol. The van der Waals surface area contributed by atoms with Crippen LogP contribution in [0.1, 0.15) is 77.7 Å². The first-order valence-corrected chi connectivity index (χ1v) is 17.3. The Kier molecular flexibility index (Phi) is 11.9. The van der Waals surface area contributed by atoms with Crippen LogP contribution < -0.4 is 4.90 Å². The SMILES string of the molecule is CC(C)[C@@]1(C)CCC[C@H](OCC(O)C=C[C@@H]2[C@@H]3CC(CCOCC(=O)N(Cc4ccccc4)c4ccccc4)C[C@@H]3C[C@H]2O)C1. The highest BCUT2D eigenvalue weighted by Gasteiger charge is 2.46. The molecule has 0 spiro atoms. The van der Waals surface area contributed by atoms with Crippen LogP contribution in [0, 0.1) is 35.0 Å². The first kappa shape index (κ1) is 33.8. The molecule has 0 bridgehead atoms. The standard InChI is InChI=1S/C39H55NO5/c1-28(2)39(3)19-10-15-34(24-39)45-26-33(41)16-17-35-36-22-30(21-31(36)23-37(35)42)18-20-44-27-38(43)40(32-13-8-5-9-14-32)25-29-11-6-4-7-12-29/h4-9,11-14,16-17,28,30-31,33-37,41-42H,10,15,18-27H2,1-3H3/t30?,31-,33?,34+,35-,36-,37-,39+/m1/s1. The number of hydrogen-bond donors (Lipinski definition) is 2. The minimum absolute atomic E-state index is 0.0402. The molecule has 0 aliphatic heterocycles. The molecule has 0 radical (unpaired) electrons. The van der Waals surface area contributed by atoms with Crippen LogP contribution in [0.25, 0.3) is 0 Å². The molecule has 3 fully saturated rings. The molecule has 246 valence electrons. The van der Waals surface area contributed by atoms with Gasteiger partial charge in [0.15, 0.2) is 0 Å². The van der Waals surface area contributed by atoms with Gasteiger partial charge in [0.2, 0.25) is 0 Å². The molecule has 8 atom stereocenters. The Balaban J connectivity index is 1.05. The van der Waals surface area contributed by atoms with Crippen LogP contribution in [0.4, 0.5) is 5.69 Å². The number of nitrogens with zero attached hydrogens (tertiary/aromatic N) is 1. The van der Waals surface area contributed by atoms with Gasteiger partial charge in [-0.05, 0) is 91.7 Å².